The van der Waals surface area contributed by atoms with Gasteiger partial charge in [0.1, 0.15) is 0 Å². The summed E-state index contributed by atoms with van der Waals surface area (Å²) in [6.45, 7) is 4.53. The van der Waals surface area contributed by atoms with Crippen molar-refractivity contribution < 1.29 is 4.74 Å². The van der Waals surface area contributed by atoms with Gasteiger partial charge in [-0.2, -0.15) is 5.26 Å². The van der Waals surface area contributed by atoms with E-state index < -0.39 is 0 Å². The van der Waals surface area contributed by atoms with Crippen LogP contribution in [0.3, 0.4) is 0 Å². The highest BCUT2D eigenvalue weighted by molar-refractivity contribution is 5.37. The topological polar surface area (TPSA) is 36.3 Å². The summed E-state index contributed by atoms with van der Waals surface area (Å²) >= 11 is 0. The van der Waals surface area contributed by atoms with Crippen LogP contribution in [-0.4, -0.2) is 31.2 Å². The van der Waals surface area contributed by atoms with Gasteiger partial charge in [-0.1, -0.05) is 18.2 Å². The van der Waals surface area contributed by atoms with Crippen LogP contribution in [0.1, 0.15) is 17.5 Å². The second-order valence-corrected chi connectivity index (χ2v) is 4.01. The van der Waals surface area contributed by atoms with Crippen LogP contribution in [-0.2, 0) is 11.3 Å². The third-order valence-electron chi connectivity index (χ3n) is 2.85. The fourth-order valence-corrected chi connectivity index (χ4v) is 1.96. The molecule has 0 spiro atoms. The van der Waals surface area contributed by atoms with Gasteiger partial charge in [0, 0.05) is 26.2 Å². The summed E-state index contributed by atoms with van der Waals surface area (Å²) in [5.41, 5.74) is 1.90. The molecule has 1 aromatic rings. The Hall–Kier alpha value is -1.37. The van der Waals surface area contributed by atoms with Crippen LogP contribution in [0.25, 0.3) is 0 Å². The molecule has 0 amide bonds. The van der Waals surface area contributed by atoms with E-state index in [-0.39, 0.29) is 0 Å². The summed E-state index contributed by atoms with van der Waals surface area (Å²) in [6, 6.07) is 10.1. The molecule has 0 N–H and O–H groups in total. The molecule has 0 aromatic heterocycles. The van der Waals surface area contributed by atoms with Gasteiger partial charge in [0.25, 0.3) is 0 Å². The number of hydrogen-bond donors (Lipinski definition) is 0. The predicted molar refractivity (Wildman–Crippen MR) is 61.9 cm³/mol. The van der Waals surface area contributed by atoms with Gasteiger partial charge in [0.2, 0.25) is 0 Å². The van der Waals surface area contributed by atoms with Crippen LogP contribution in [0.2, 0.25) is 0 Å². The highest BCUT2D eigenvalue weighted by Gasteiger charge is 2.11. The Morgan fingerprint density at radius 3 is 3.00 bits per heavy atom. The minimum absolute atomic E-state index is 0.785. The number of ether oxygens (including phenoxy) is 1. The summed E-state index contributed by atoms with van der Waals surface area (Å²) in [7, 11) is 0. The summed E-state index contributed by atoms with van der Waals surface area (Å²) in [6.07, 6.45) is 1.08. The lowest BCUT2D eigenvalue weighted by atomic mass is 10.1. The minimum Gasteiger partial charge on any atom is -0.380 e. The first-order chi connectivity index (χ1) is 7.90. The molecule has 3 heteroatoms. The summed E-state index contributed by atoms with van der Waals surface area (Å²) in [4.78, 5) is 2.35. The van der Waals surface area contributed by atoms with E-state index in [2.05, 4.69) is 11.0 Å². The first-order valence-electron chi connectivity index (χ1n) is 5.68. The van der Waals surface area contributed by atoms with Gasteiger partial charge in [-0.3, -0.25) is 4.90 Å². The molecular weight excluding hydrogens is 200 g/mol. The van der Waals surface area contributed by atoms with Crippen molar-refractivity contribution in [3.8, 4) is 6.07 Å². The Morgan fingerprint density at radius 1 is 1.25 bits per heavy atom. The van der Waals surface area contributed by atoms with E-state index in [0.29, 0.717) is 0 Å². The van der Waals surface area contributed by atoms with Gasteiger partial charge in [-0.05, 0) is 18.1 Å². The fraction of sp³-hybridized carbons (Fsp3) is 0.462. The van der Waals surface area contributed by atoms with E-state index in [1.165, 1.54) is 0 Å². The van der Waals surface area contributed by atoms with Crippen molar-refractivity contribution in [2.24, 2.45) is 0 Å². The Bertz CT molecular complexity index is 376. The molecule has 0 aliphatic carbocycles. The summed E-state index contributed by atoms with van der Waals surface area (Å²) in [5.74, 6) is 0. The maximum absolute atomic E-state index is 9.01. The van der Waals surface area contributed by atoms with Crippen molar-refractivity contribution in [2.45, 2.75) is 13.0 Å². The lowest BCUT2D eigenvalue weighted by Gasteiger charge is -2.19. The first kappa shape index (κ1) is 11.1. The molecule has 1 heterocycles. The van der Waals surface area contributed by atoms with Gasteiger partial charge < -0.3 is 4.74 Å². The van der Waals surface area contributed by atoms with Gasteiger partial charge in [0.05, 0.1) is 18.2 Å². The number of nitrogens with zero attached hydrogens (tertiary/aromatic N) is 2. The molecule has 0 bridgehead atoms. The van der Waals surface area contributed by atoms with Crippen molar-refractivity contribution in [3.63, 3.8) is 0 Å². The lowest BCUT2D eigenvalue weighted by molar-refractivity contribution is 0.140. The smallest absolute Gasteiger partial charge is 0.0995 e. The SMILES string of the molecule is N#Cc1ccccc1CN1CCCOCC1. The maximum atomic E-state index is 9.01. The predicted octanol–water partition coefficient (Wildman–Crippen LogP) is 1.78. The molecule has 84 valence electrons. The normalized spacial score (nSPS) is 17.7. The Balaban J connectivity index is 2.05. The Labute approximate surface area is 96.2 Å². The van der Waals surface area contributed by atoms with Gasteiger partial charge in [-0.15, -0.1) is 0 Å². The zero-order valence-electron chi connectivity index (χ0n) is 9.35. The fourth-order valence-electron chi connectivity index (χ4n) is 1.96. The van der Waals surface area contributed by atoms with Crippen LogP contribution in [0, 0.1) is 11.3 Å². The number of hydrogen-bond acceptors (Lipinski definition) is 3. The molecule has 0 unspecified atom stereocenters. The van der Waals surface area contributed by atoms with Crippen molar-refractivity contribution in [1.82, 2.24) is 4.90 Å². The summed E-state index contributed by atoms with van der Waals surface area (Å²) < 4.78 is 5.41. The molecular formula is C13H16N2O. The van der Waals surface area contributed by atoms with Crippen LogP contribution in [0.5, 0.6) is 0 Å². The largest absolute Gasteiger partial charge is 0.380 e. The second-order valence-electron chi connectivity index (χ2n) is 4.01. The van der Waals surface area contributed by atoms with Crippen molar-refractivity contribution >= 4 is 0 Å². The van der Waals surface area contributed by atoms with Gasteiger partial charge in [0.15, 0.2) is 0 Å². The zero-order valence-corrected chi connectivity index (χ0v) is 9.35. The Morgan fingerprint density at radius 2 is 2.12 bits per heavy atom. The molecule has 16 heavy (non-hydrogen) atoms. The van der Waals surface area contributed by atoms with Crippen molar-refractivity contribution in [3.05, 3.63) is 35.4 Å². The quantitative estimate of drug-likeness (QED) is 0.756. The maximum Gasteiger partial charge on any atom is 0.0995 e. The average Bonchev–Trinajstić information content (AvgIpc) is 2.58. The molecule has 0 atom stereocenters. The number of nitriles is 1. The molecule has 1 fully saturated rings. The van der Waals surface area contributed by atoms with Crippen LogP contribution in [0.15, 0.2) is 24.3 Å². The number of rotatable bonds is 2. The highest BCUT2D eigenvalue weighted by atomic mass is 16.5. The van der Waals surface area contributed by atoms with E-state index in [1.807, 2.05) is 24.3 Å². The number of benzene rings is 1. The molecule has 0 radical (unpaired) electrons. The monoisotopic (exact) mass is 216 g/mol. The van der Waals surface area contributed by atoms with Crippen LogP contribution < -0.4 is 0 Å². The van der Waals surface area contributed by atoms with Crippen LogP contribution in [0.4, 0.5) is 0 Å². The van der Waals surface area contributed by atoms with E-state index >= 15 is 0 Å². The molecule has 2 rings (SSSR count). The third kappa shape index (κ3) is 2.82. The van der Waals surface area contributed by atoms with Crippen molar-refractivity contribution in [2.75, 3.05) is 26.3 Å². The zero-order chi connectivity index (χ0) is 11.2. The molecule has 1 aromatic carbocycles. The molecule has 1 saturated heterocycles. The van der Waals surface area contributed by atoms with E-state index in [4.69, 9.17) is 10.00 Å². The standard InChI is InChI=1S/C13H16N2O/c14-10-12-4-1-2-5-13(12)11-15-6-3-8-16-9-7-15/h1-2,4-5H,3,6-9,11H2. The molecule has 1 aliphatic rings. The average molecular weight is 216 g/mol. The Kier molecular flexibility index (Phi) is 3.92. The van der Waals surface area contributed by atoms with E-state index in [1.54, 1.807) is 0 Å². The van der Waals surface area contributed by atoms with Gasteiger partial charge in [-0.25, -0.2) is 0 Å². The lowest BCUT2D eigenvalue weighted by Crippen LogP contribution is -2.26. The summed E-state index contributed by atoms with van der Waals surface area (Å²) in [5, 5.41) is 9.01. The third-order valence-corrected chi connectivity index (χ3v) is 2.85. The minimum atomic E-state index is 0.785. The van der Waals surface area contributed by atoms with Crippen molar-refractivity contribution in [1.29, 1.82) is 5.26 Å². The highest BCUT2D eigenvalue weighted by Crippen LogP contribution is 2.11. The molecule has 1 aliphatic heterocycles. The molecule has 3 nitrogen and oxygen atoms in total. The first-order valence-corrected chi connectivity index (χ1v) is 5.68. The molecule has 0 saturated carbocycles. The van der Waals surface area contributed by atoms with E-state index in [0.717, 1.165) is 50.4 Å². The van der Waals surface area contributed by atoms with Crippen LogP contribution >= 0.6 is 0 Å². The van der Waals surface area contributed by atoms with Gasteiger partial charge >= 0.3 is 0 Å². The second kappa shape index (κ2) is 5.64. The van der Waals surface area contributed by atoms with E-state index in [9.17, 15) is 0 Å².